The molecule has 2 nitrogen and oxygen atoms in total. The van der Waals surface area contributed by atoms with Crippen LogP contribution in [0.3, 0.4) is 0 Å². The van der Waals surface area contributed by atoms with E-state index in [9.17, 15) is 0 Å². The van der Waals surface area contributed by atoms with Crippen molar-refractivity contribution < 1.29 is 4.42 Å². The summed E-state index contributed by atoms with van der Waals surface area (Å²) in [6.07, 6.45) is 8.65. The van der Waals surface area contributed by atoms with Crippen LogP contribution in [0.25, 0.3) is 5.70 Å². The minimum Gasteiger partial charge on any atom is -0.463 e. The molecule has 0 atom stereocenters. The second kappa shape index (κ2) is 4.23. The molecular weight excluding hydrogens is 150 g/mol. The first-order valence-electron chi connectivity index (χ1n) is 3.63. The molecule has 0 aliphatic heterocycles. The zero-order valence-corrected chi connectivity index (χ0v) is 6.73. The van der Waals surface area contributed by atoms with Gasteiger partial charge in [0.05, 0.1) is 12.0 Å². The van der Waals surface area contributed by atoms with E-state index in [1.54, 1.807) is 30.6 Å². The SMILES string of the molecule is C=C/C=C/C=C(/N)c1ccco1. The van der Waals surface area contributed by atoms with Gasteiger partial charge in [0.2, 0.25) is 0 Å². The van der Waals surface area contributed by atoms with E-state index in [4.69, 9.17) is 10.2 Å². The highest BCUT2D eigenvalue weighted by Crippen LogP contribution is 2.08. The van der Waals surface area contributed by atoms with Crippen molar-refractivity contribution in [1.29, 1.82) is 0 Å². The average Bonchev–Trinajstić information content (AvgIpc) is 2.56. The minimum atomic E-state index is 0.609. The van der Waals surface area contributed by atoms with E-state index in [1.165, 1.54) is 0 Å². The highest BCUT2D eigenvalue weighted by atomic mass is 16.3. The van der Waals surface area contributed by atoms with Gasteiger partial charge >= 0.3 is 0 Å². The molecule has 0 aromatic carbocycles. The quantitative estimate of drug-likeness (QED) is 0.691. The number of rotatable bonds is 3. The van der Waals surface area contributed by atoms with Gasteiger partial charge in [-0.25, -0.2) is 0 Å². The van der Waals surface area contributed by atoms with E-state index in [1.807, 2.05) is 12.1 Å². The molecule has 1 heterocycles. The third kappa shape index (κ3) is 2.16. The minimum absolute atomic E-state index is 0.609. The topological polar surface area (TPSA) is 39.2 Å². The van der Waals surface area contributed by atoms with Gasteiger partial charge in [0.25, 0.3) is 0 Å². The lowest BCUT2D eigenvalue weighted by molar-refractivity contribution is 0.552. The lowest BCUT2D eigenvalue weighted by Gasteiger charge is -1.91. The highest BCUT2D eigenvalue weighted by Gasteiger charge is 1.95. The third-order valence-electron chi connectivity index (χ3n) is 1.33. The van der Waals surface area contributed by atoms with Crippen LogP contribution in [0.15, 0.2) is 53.7 Å². The number of nitrogens with two attached hydrogens (primary N) is 1. The molecule has 62 valence electrons. The molecule has 0 aliphatic carbocycles. The van der Waals surface area contributed by atoms with Crippen LogP contribution in [-0.4, -0.2) is 0 Å². The van der Waals surface area contributed by atoms with Crippen LogP contribution in [0.4, 0.5) is 0 Å². The Hall–Kier alpha value is -1.70. The van der Waals surface area contributed by atoms with Gasteiger partial charge in [-0.2, -0.15) is 0 Å². The molecular formula is C10H11NO. The van der Waals surface area contributed by atoms with Gasteiger partial charge in [-0.15, -0.1) is 0 Å². The first-order chi connectivity index (χ1) is 5.84. The summed E-state index contributed by atoms with van der Waals surface area (Å²) in [5.74, 6) is 0.684. The van der Waals surface area contributed by atoms with Crippen LogP contribution in [0.5, 0.6) is 0 Å². The first-order valence-corrected chi connectivity index (χ1v) is 3.63. The van der Waals surface area contributed by atoms with Crippen molar-refractivity contribution in [3.05, 3.63) is 55.0 Å². The van der Waals surface area contributed by atoms with Crippen molar-refractivity contribution in [3.8, 4) is 0 Å². The molecule has 1 aromatic heterocycles. The fourth-order valence-corrected chi connectivity index (χ4v) is 0.763. The largest absolute Gasteiger partial charge is 0.463 e. The van der Waals surface area contributed by atoms with Gasteiger partial charge in [-0.1, -0.05) is 24.8 Å². The molecule has 0 saturated heterocycles. The van der Waals surface area contributed by atoms with E-state index in [-0.39, 0.29) is 0 Å². The van der Waals surface area contributed by atoms with Crippen molar-refractivity contribution in [1.82, 2.24) is 0 Å². The predicted octanol–water partition coefficient (Wildman–Crippen LogP) is 2.32. The smallest absolute Gasteiger partial charge is 0.149 e. The third-order valence-corrected chi connectivity index (χ3v) is 1.33. The van der Waals surface area contributed by atoms with Gasteiger partial charge < -0.3 is 10.2 Å². The number of furan rings is 1. The number of hydrogen-bond acceptors (Lipinski definition) is 2. The molecule has 0 saturated carbocycles. The Kier molecular flexibility index (Phi) is 2.96. The van der Waals surface area contributed by atoms with Crippen LogP contribution in [0.1, 0.15) is 5.76 Å². The van der Waals surface area contributed by atoms with E-state index < -0.39 is 0 Å². The number of allylic oxidation sites excluding steroid dienone is 4. The van der Waals surface area contributed by atoms with E-state index in [0.717, 1.165) is 0 Å². The Morgan fingerprint density at radius 2 is 2.33 bits per heavy atom. The molecule has 1 aromatic rings. The van der Waals surface area contributed by atoms with Crippen LogP contribution in [-0.2, 0) is 0 Å². The molecule has 0 aliphatic rings. The Labute approximate surface area is 71.7 Å². The maximum atomic E-state index is 5.66. The molecule has 2 heteroatoms. The first kappa shape index (κ1) is 8.40. The van der Waals surface area contributed by atoms with Gasteiger partial charge in [-0.3, -0.25) is 0 Å². The summed E-state index contributed by atoms with van der Waals surface area (Å²) in [6.45, 7) is 3.54. The summed E-state index contributed by atoms with van der Waals surface area (Å²) in [5, 5.41) is 0. The Bertz CT molecular complexity index is 294. The van der Waals surface area contributed by atoms with Crippen LogP contribution in [0, 0.1) is 0 Å². The number of hydrogen-bond donors (Lipinski definition) is 1. The van der Waals surface area contributed by atoms with E-state index in [2.05, 4.69) is 6.58 Å². The van der Waals surface area contributed by atoms with Gasteiger partial charge in [0.1, 0.15) is 5.76 Å². The average molecular weight is 161 g/mol. The van der Waals surface area contributed by atoms with Gasteiger partial charge in [-0.05, 0) is 18.2 Å². The molecule has 0 spiro atoms. The van der Waals surface area contributed by atoms with Crippen LogP contribution in [0.2, 0.25) is 0 Å². The van der Waals surface area contributed by atoms with Gasteiger partial charge in [0, 0.05) is 0 Å². The van der Waals surface area contributed by atoms with E-state index in [0.29, 0.717) is 11.5 Å². The van der Waals surface area contributed by atoms with Crippen LogP contribution < -0.4 is 5.73 Å². The lowest BCUT2D eigenvalue weighted by Crippen LogP contribution is -1.92. The molecule has 2 N–H and O–H groups in total. The summed E-state index contributed by atoms with van der Waals surface area (Å²) in [4.78, 5) is 0. The second-order valence-electron chi connectivity index (χ2n) is 2.22. The van der Waals surface area contributed by atoms with Crippen molar-refractivity contribution in [2.75, 3.05) is 0 Å². The van der Waals surface area contributed by atoms with E-state index >= 15 is 0 Å². The maximum Gasteiger partial charge on any atom is 0.149 e. The fourth-order valence-electron chi connectivity index (χ4n) is 0.763. The molecule has 0 bridgehead atoms. The summed E-state index contributed by atoms with van der Waals surface area (Å²) < 4.78 is 5.07. The highest BCUT2D eigenvalue weighted by molar-refractivity contribution is 5.59. The monoisotopic (exact) mass is 161 g/mol. The molecule has 1 rings (SSSR count). The Morgan fingerprint density at radius 3 is 2.92 bits per heavy atom. The molecule has 0 amide bonds. The zero-order chi connectivity index (χ0) is 8.81. The normalized spacial score (nSPS) is 12.2. The Balaban J connectivity index is 2.71. The zero-order valence-electron chi connectivity index (χ0n) is 6.73. The molecule has 0 radical (unpaired) electrons. The predicted molar refractivity (Wildman–Crippen MR) is 50.2 cm³/mol. The Morgan fingerprint density at radius 1 is 1.50 bits per heavy atom. The van der Waals surface area contributed by atoms with Crippen molar-refractivity contribution in [3.63, 3.8) is 0 Å². The van der Waals surface area contributed by atoms with Crippen molar-refractivity contribution in [2.24, 2.45) is 5.73 Å². The standard InChI is InChI=1S/C10H11NO/c1-2-3-4-6-9(11)10-7-5-8-12-10/h2-8H,1,11H2/b4-3+,9-6+. The summed E-state index contributed by atoms with van der Waals surface area (Å²) >= 11 is 0. The summed E-state index contributed by atoms with van der Waals surface area (Å²) in [5.41, 5.74) is 6.27. The summed E-state index contributed by atoms with van der Waals surface area (Å²) in [7, 11) is 0. The molecule has 0 fully saturated rings. The van der Waals surface area contributed by atoms with Crippen LogP contribution >= 0.6 is 0 Å². The lowest BCUT2D eigenvalue weighted by atomic mass is 10.3. The molecule has 12 heavy (non-hydrogen) atoms. The fraction of sp³-hybridized carbons (Fsp3) is 0. The summed E-state index contributed by atoms with van der Waals surface area (Å²) in [6, 6.07) is 3.61. The van der Waals surface area contributed by atoms with Crippen molar-refractivity contribution in [2.45, 2.75) is 0 Å². The maximum absolute atomic E-state index is 5.66. The molecule has 0 unspecified atom stereocenters. The second-order valence-corrected chi connectivity index (χ2v) is 2.22. The van der Waals surface area contributed by atoms with Gasteiger partial charge in [0.15, 0.2) is 0 Å². The van der Waals surface area contributed by atoms with Crippen molar-refractivity contribution >= 4 is 5.70 Å².